The van der Waals surface area contributed by atoms with E-state index in [1.165, 1.54) is 18.2 Å². The molecule has 0 atom stereocenters. The molecule has 1 aliphatic rings. The lowest BCUT2D eigenvalue weighted by Crippen LogP contribution is -2.32. The molecular formula is C12H10F3NO4. The number of carboxylic acid groups (broad SMARTS) is 1. The topological polar surface area (TPSA) is 66.8 Å². The van der Waals surface area contributed by atoms with E-state index < -0.39 is 18.9 Å². The van der Waals surface area contributed by atoms with Crippen LogP contribution >= 0.6 is 0 Å². The number of benzene rings is 1. The van der Waals surface area contributed by atoms with Gasteiger partial charge < -0.3 is 10.0 Å². The van der Waals surface area contributed by atoms with Crippen molar-refractivity contribution in [2.75, 3.05) is 18.1 Å². The number of carbonyl (C=O) groups excluding carboxylic acids is 1. The van der Waals surface area contributed by atoms with Crippen LogP contribution in [0.4, 0.5) is 18.9 Å². The second-order valence-corrected chi connectivity index (χ2v) is 4.16. The van der Waals surface area contributed by atoms with E-state index in [1.54, 1.807) is 0 Å². The summed E-state index contributed by atoms with van der Waals surface area (Å²) >= 11 is 0. The largest absolute Gasteiger partial charge is 0.522 e. The molecule has 0 aromatic heterocycles. The van der Waals surface area contributed by atoms with Crippen molar-refractivity contribution < 1.29 is 32.6 Å². The van der Waals surface area contributed by atoms with Gasteiger partial charge in [-0.2, -0.15) is 0 Å². The number of alkyl halides is 3. The van der Waals surface area contributed by atoms with Gasteiger partial charge in [-0.3, -0.25) is 9.53 Å². The van der Waals surface area contributed by atoms with Gasteiger partial charge in [-0.25, -0.2) is 4.79 Å². The molecule has 1 N–H and O–H groups in total. The molecule has 2 rings (SSSR count). The highest BCUT2D eigenvalue weighted by Gasteiger charge is 2.31. The van der Waals surface area contributed by atoms with E-state index in [1.807, 2.05) is 0 Å². The molecule has 0 radical (unpaired) electrons. The molecule has 1 aromatic carbocycles. The Bertz CT molecular complexity index is 556. The minimum atomic E-state index is -4.74. The number of carbonyl (C=O) groups is 2. The number of aromatic carboxylic acids is 1. The molecule has 0 aliphatic carbocycles. The molecule has 0 bridgehead atoms. The summed E-state index contributed by atoms with van der Waals surface area (Å²) in [5, 5.41) is 8.84. The van der Waals surface area contributed by atoms with Gasteiger partial charge in [-0.05, 0) is 23.8 Å². The van der Waals surface area contributed by atoms with E-state index in [-0.39, 0.29) is 24.4 Å². The number of halogens is 3. The van der Waals surface area contributed by atoms with Gasteiger partial charge in [0.25, 0.3) is 0 Å². The molecule has 0 saturated carbocycles. The van der Waals surface area contributed by atoms with Crippen LogP contribution in [0.3, 0.4) is 0 Å². The van der Waals surface area contributed by atoms with Crippen LogP contribution in [0.25, 0.3) is 0 Å². The average molecular weight is 289 g/mol. The highest BCUT2D eigenvalue weighted by atomic mass is 19.4. The third-order valence-electron chi connectivity index (χ3n) is 2.84. The van der Waals surface area contributed by atoms with Gasteiger partial charge in [0.2, 0.25) is 5.91 Å². The SMILES string of the molecule is O=C(O)c1ccc2c(c1)CC(=O)N2CCOC(F)(F)F. The van der Waals surface area contributed by atoms with E-state index in [0.717, 1.165) is 4.90 Å². The first kappa shape index (κ1) is 14.3. The predicted molar refractivity (Wildman–Crippen MR) is 61.5 cm³/mol. The van der Waals surface area contributed by atoms with Crippen LogP contribution in [-0.2, 0) is 16.0 Å². The number of nitrogens with zero attached hydrogens (tertiary/aromatic N) is 1. The van der Waals surface area contributed by atoms with E-state index >= 15 is 0 Å². The predicted octanol–water partition coefficient (Wildman–Crippen LogP) is 1.81. The quantitative estimate of drug-likeness (QED) is 0.918. The molecule has 1 heterocycles. The summed E-state index contributed by atoms with van der Waals surface area (Å²) in [4.78, 5) is 23.7. The second kappa shape index (κ2) is 5.12. The van der Waals surface area contributed by atoms with Gasteiger partial charge in [0, 0.05) is 12.2 Å². The Kier molecular flexibility index (Phi) is 3.67. The summed E-state index contributed by atoms with van der Waals surface area (Å²) in [6, 6.07) is 4.06. The van der Waals surface area contributed by atoms with Gasteiger partial charge >= 0.3 is 12.3 Å². The number of amides is 1. The van der Waals surface area contributed by atoms with Crippen LogP contribution in [0.15, 0.2) is 18.2 Å². The molecule has 0 spiro atoms. The third-order valence-corrected chi connectivity index (χ3v) is 2.84. The van der Waals surface area contributed by atoms with Crippen LogP contribution in [0.5, 0.6) is 0 Å². The normalized spacial score (nSPS) is 14.6. The fourth-order valence-electron chi connectivity index (χ4n) is 2.01. The molecule has 1 amide bonds. The number of hydrogen-bond donors (Lipinski definition) is 1. The second-order valence-electron chi connectivity index (χ2n) is 4.16. The van der Waals surface area contributed by atoms with E-state index in [0.29, 0.717) is 11.3 Å². The molecule has 0 unspecified atom stereocenters. The monoisotopic (exact) mass is 289 g/mol. The van der Waals surface area contributed by atoms with Crippen molar-refractivity contribution in [1.29, 1.82) is 0 Å². The van der Waals surface area contributed by atoms with Crippen LogP contribution in [-0.4, -0.2) is 36.5 Å². The molecular weight excluding hydrogens is 279 g/mol. The Morgan fingerprint density at radius 3 is 2.70 bits per heavy atom. The number of anilines is 1. The van der Waals surface area contributed by atoms with Crippen LogP contribution in [0.2, 0.25) is 0 Å². The average Bonchev–Trinajstić information content (AvgIpc) is 2.63. The van der Waals surface area contributed by atoms with E-state index in [2.05, 4.69) is 4.74 Å². The number of carboxylic acids is 1. The standard InChI is InChI=1S/C12H10F3NO4/c13-12(14,15)20-4-3-16-9-2-1-7(11(18)19)5-8(9)6-10(16)17/h1-2,5H,3-4,6H2,(H,18,19). The fourth-order valence-corrected chi connectivity index (χ4v) is 2.01. The lowest BCUT2D eigenvalue weighted by atomic mass is 10.1. The minimum absolute atomic E-state index is 0.0253. The lowest BCUT2D eigenvalue weighted by Gasteiger charge is -2.18. The zero-order chi connectivity index (χ0) is 14.9. The summed E-state index contributed by atoms with van der Waals surface area (Å²) in [7, 11) is 0. The summed E-state index contributed by atoms with van der Waals surface area (Å²) in [6.45, 7) is -0.910. The number of ether oxygens (including phenoxy) is 1. The molecule has 5 nitrogen and oxygen atoms in total. The van der Waals surface area contributed by atoms with E-state index in [4.69, 9.17) is 5.11 Å². The Morgan fingerprint density at radius 2 is 2.10 bits per heavy atom. The van der Waals surface area contributed by atoms with Crippen molar-refractivity contribution in [2.45, 2.75) is 12.8 Å². The van der Waals surface area contributed by atoms with Crippen molar-refractivity contribution in [3.05, 3.63) is 29.3 Å². The number of hydrogen-bond acceptors (Lipinski definition) is 3. The smallest absolute Gasteiger partial charge is 0.478 e. The summed E-state index contributed by atoms with van der Waals surface area (Å²) in [5.74, 6) is -1.51. The van der Waals surface area contributed by atoms with Gasteiger partial charge in [0.15, 0.2) is 0 Å². The first-order valence-electron chi connectivity index (χ1n) is 5.65. The number of rotatable bonds is 4. The summed E-state index contributed by atoms with van der Waals surface area (Å²) < 4.78 is 39.2. The Morgan fingerprint density at radius 1 is 1.40 bits per heavy atom. The van der Waals surface area contributed by atoms with Gasteiger partial charge in [0.05, 0.1) is 18.6 Å². The highest BCUT2D eigenvalue weighted by Crippen LogP contribution is 2.29. The maximum atomic E-state index is 11.9. The third kappa shape index (κ3) is 3.08. The molecule has 8 heteroatoms. The molecule has 108 valence electrons. The zero-order valence-electron chi connectivity index (χ0n) is 10.1. The maximum absolute atomic E-state index is 11.9. The van der Waals surface area contributed by atoms with Crippen molar-refractivity contribution in [3.8, 4) is 0 Å². The molecule has 1 aromatic rings. The summed E-state index contributed by atoms with van der Waals surface area (Å²) in [6.07, 6.45) is -4.76. The van der Waals surface area contributed by atoms with Crippen LogP contribution in [0.1, 0.15) is 15.9 Å². The van der Waals surface area contributed by atoms with E-state index in [9.17, 15) is 22.8 Å². The fraction of sp³-hybridized carbons (Fsp3) is 0.333. The Hall–Kier alpha value is -2.09. The molecule has 0 saturated heterocycles. The maximum Gasteiger partial charge on any atom is 0.522 e. The van der Waals surface area contributed by atoms with Gasteiger partial charge in [-0.1, -0.05) is 0 Å². The van der Waals surface area contributed by atoms with Gasteiger partial charge in [-0.15, -0.1) is 13.2 Å². The minimum Gasteiger partial charge on any atom is -0.478 e. The molecule has 0 fully saturated rings. The first-order chi connectivity index (χ1) is 9.28. The zero-order valence-corrected chi connectivity index (χ0v) is 10.1. The molecule has 1 aliphatic heterocycles. The van der Waals surface area contributed by atoms with Gasteiger partial charge in [0.1, 0.15) is 0 Å². The first-order valence-corrected chi connectivity index (χ1v) is 5.65. The Balaban J connectivity index is 2.11. The van der Waals surface area contributed by atoms with Crippen molar-refractivity contribution in [1.82, 2.24) is 0 Å². The van der Waals surface area contributed by atoms with Crippen LogP contribution < -0.4 is 4.90 Å². The Labute approximate surface area is 111 Å². The summed E-state index contributed by atoms with van der Waals surface area (Å²) in [5.41, 5.74) is 0.942. The lowest BCUT2D eigenvalue weighted by molar-refractivity contribution is -0.323. The van der Waals surface area contributed by atoms with Crippen molar-refractivity contribution >= 4 is 17.6 Å². The highest BCUT2D eigenvalue weighted by molar-refractivity contribution is 6.02. The molecule has 20 heavy (non-hydrogen) atoms. The van der Waals surface area contributed by atoms with Crippen LogP contribution in [0, 0.1) is 0 Å². The number of fused-ring (bicyclic) bond motifs is 1. The van der Waals surface area contributed by atoms with Crippen molar-refractivity contribution in [3.63, 3.8) is 0 Å². The van der Waals surface area contributed by atoms with Crippen molar-refractivity contribution in [2.24, 2.45) is 0 Å².